The fourth-order valence-electron chi connectivity index (χ4n) is 5.45. The Morgan fingerprint density at radius 3 is 1.24 bits per heavy atom. The van der Waals surface area contributed by atoms with Gasteiger partial charge < -0.3 is 9.47 Å². The van der Waals surface area contributed by atoms with Gasteiger partial charge in [0.05, 0.1) is 34.7 Å². The number of benzene rings is 4. The smallest absolute Gasteiger partial charge is 0.267 e. The van der Waals surface area contributed by atoms with E-state index < -0.39 is 23.6 Å². The van der Waals surface area contributed by atoms with Crippen LogP contribution in [0, 0.1) is 0 Å². The third kappa shape index (κ3) is 3.24. The van der Waals surface area contributed by atoms with Crippen molar-refractivity contribution in [3.8, 4) is 11.5 Å². The van der Waals surface area contributed by atoms with Gasteiger partial charge in [-0.2, -0.15) is 0 Å². The quantitative estimate of drug-likeness (QED) is 0.240. The molecule has 42 heavy (non-hydrogen) atoms. The Hall–Kier alpha value is -5.20. The van der Waals surface area contributed by atoms with Crippen LogP contribution in [-0.4, -0.2) is 47.8 Å². The van der Waals surface area contributed by atoms with E-state index in [4.69, 9.17) is 9.47 Å². The van der Waals surface area contributed by atoms with Crippen LogP contribution in [0.25, 0.3) is 31.2 Å². The molecule has 10 nitrogen and oxygen atoms in total. The molecule has 2 aromatic heterocycles. The zero-order valence-electron chi connectivity index (χ0n) is 21.8. The fraction of sp³-hybridized carbons (Fsp3) is 0.0667. The topological polar surface area (TPSA) is 119 Å². The van der Waals surface area contributed by atoms with E-state index in [0.29, 0.717) is 22.5 Å². The van der Waals surface area contributed by atoms with Crippen molar-refractivity contribution in [1.82, 2.24) is 9.97 Å². The van der Waals surface area contributed by atoms with Gasteiger partial charge in [0.1, 0.15) is 11.5 Å². The molecule has 0 saturated carbocycles. The van der Waals surface area contributed by atoms with E-state index in [0.717, 1.165) is 19.2 Å². The lowest BCUT2D eigenvalue weighted by molar-refractivity contribution is 0.0873. The summed E-state index contributed by atoms with van der Waals surface area (Å²) in [5.74, 6) is -1.05. The number of carbonyl (C=O) groups excluding carboxylic acids is 4. The molecule has 0 bridgehead atoms. The first-order chi connectivity index (χ1) is 20.4. The van der Waals surface area contributed by atoms with E-state index in [9.17, 15) is 19.2 Å². The molecule has 6 aromatic rings. The number of hydrogen-bond acceptors (Lipinski definition) is 10. The van der Waals surface area contributed by atoms with Gasteiger partial charge in [-0.1, -0.05) is 22.7 Å². The number of methoxy groups -OCH3 is 2. The Labute approximate surface area is 244 Å². The molecule has 4 heterocycles. The largest absolute Gasteiger partial charge is 0.497 e. The second kappa shape index (κ2) is 8.65. The van der Waals surface area contributed by atoms with Crippen LogP contribution in [0.4, 0.5) is 10.3 Å². The van der Waals surface area contributed by atoms with E-state index in [-0.39, 0.29) is 43.3 Å². The predicted octanol–water partition coefficient (Wildman–Crippen LogP) is 5.68. The third-order valence-electron chi connectivity index (χ3n) is 7.45. The highest BCUT2D eigenvalue weighted by molar-refractivity contribution is 7.23. The summed E-state index contributed by atoms with van der Waals surface area (Å²) >= 11 is 2.39. The number of rotatable bonds is 4. The standard InChI is InChI=1S/C30H16N4O6S2/c1-39-13-3-9-19-21(11-13)41-29(31-19)33-25(35)15-5-7-17-24-18(8-6-16(23(15)24)26(33)36)28(38)34(27(17)37)30-32-20-10-4-14(40-2)12-22(20)42-30/h3-12H,1-2H3. The Bertz CT molecular complexity index is 2010. The Morgan fingerprint density at radius 2 is 0.905 bits per heavy atom. The zero-order chi connectivity index (χ0) is 28.9. The predicted molar refractivity (Wildman–Crippen MR) is 159 cm³/mol. The molecule has 0 radical (unpaired) electrons. The van der Waals surface area contributed by atoms with Gasteiger partial charge in [-0.25, -0.2) is 19.8 Å². The lowest BCUT2D eigenvalue weighted by atomic mass is 9.86. The first kappa shape index (κ1) is 24.6. The normalized spacial score (nSPS) is 14.5. The van der Waals surface area contributed by atoms with Crippen molar-refractivity contribution < 1.29 is 28.7 Å². The average molecular weight is 593 g/mol. The second-order valence-electron chi connectivity index (χ2n) is 9.62. The summed E-state index contributed by atoms with van der Waals surface area (Å²) in [6.07, 6.45) is 0. The highest BCUT2D eigenvalue weighted by Gasteiger charge is 2.42. The van der Waals surface area contributed by atoms with Crippen molar-refractivity contribution in [1.29, 1.82) is 0 Å². The van der Waals surface area contributed by atoms with Crippen LogP contribution in [0.3, 0.4) is 0 Å². The zero-order valence-corrected chi connectivity index (χ0v) is 23.5. The number of aromatic nitrogens is 2. The number of fused-ring (bicyclic) bond motifs is 2. The molecule has 0 N–H and O–H groups in total. The number of thiazole rings is 2. The molecule has 4 amide bonds. The summed E-state index contributed by atoms with van der Waals surface area (Å²) in [7, 11) is 3.11. The molecule has 0 unspecified atom stereocenters. The molecule has 8 rings (SSSR count). The van der Waals surface area contributed by atoms with Crippen LogP contribution in [-0.2, 0) is 0 Å². The minimum Gasteiger partial charge on any atom is -0.497 e. The van der Waals surface area contributed by atoms with Crippen molar-refractivity contribution in [3.63, 3.8) is 0 Å². The van der Waals surface area contributed by atoms with Gasteiger partial charge in [-0.05, 0) is 60.7 Å². The lowest BCUT2D eigenvalue weighted by Crippen LogP contribution is -2.43. The van der Waals surface area contributed by atoms with Gasteiger partial charge in [0, 0.05) is 33.0 Å². The van der Waals surface area contributed by atoms with Gasteiger partial charge in [0.15, 0.2) is 0 Å². The van der Waals surface area contributed by atoms with Gasteiger partial charge in [0.2, 0.25) is 10.3 Å². The highest BCUT2D eigenvalue weighted by atomic mass is 32.1. The van der Waals surface area contributed by atoms with Crippen LogP contribution in [0.15, 0.2) is 60.7 Å². The summed E-state index contributed by atoms with van der Waals surface area (Å²) < 4.78 is 12.1. The van der Waals surface area contributed by atoms with Crippen LogP contribution in [0.1, 0.15) is 41.4 Å². The monoisotopic (exact) mass is 592 g/mol. The Kier molecular flexibility index (Phi) is 5.06. The van der Waals surface area contributed by atoms with Crippen LogP contribution in [0.2, 0.25) is 0 Å². The second-order valence-corrected chi connectivity index (χ2v) is 11.6. The van der Waals surface area contributed by atoms with E-state index in [2.05, 4.69) is 9.97 Å². The molecular weight excluding hydrogens is 576 g/mol. The van der Waals surface area contributed by atoms with Crippen molar-refractivity contribution >= 4 is 87.8 Å². The van der Waals surface area contributed by atoms with Gasteiger partial charge in [0.25, 0.3) is 23.6 Å². The molecule has 0 saturated heterocycles. The summed E-state index contributed by atoms with van der Waals surface area (Å²) in [6.45, 7) is 0. The maximum absolute atomic E-state index is 13.8. The Balaban J connectivity index is 1.25. The molecule has 2 aliphatic rings. The SMILES string of the molecule is COc1ccc2nc(N3C(=O)c4ccc5c6c(ccc(c46)C3=O)C(=O)N(c3nc4ccc(OC)cc4s3)C5=O)sc2c1. The van der Waals surface area contributed by atoms with Crippen LogP contribution in [0.5, 0.6) is 11.5 Å². The number of nitrogens with zero attached hydrogens (tertiary/aromatic N) is 4. The first-order valence-corrected chi connectivity index (χ1v) is 14.3. The highest BCUT2D eigenvalue weighted by Crippen LogP contribution is 2.42. The third-order valence-corrected chi connectivity index (χ3v) is 9.45. The van der Waals surface area contributed by atoms with Crippen molar-refractivity contribution in [3.05, 3.63) is 82.9 Å². The van der Waals surface area contributed by atoms with Crippen LogP contribution >= 0.6 is 22.7 Å². The van der Waals surface area contributed by atoms with Crippen molar-refractivity contribution in [2.75, 3.05) is 24.0 Å². The molecule has 12 heteroatoms. The molecule has 0 aliphatic carbocycles. The number of carbonyl (C=O) groups is 4. The Morgan fingerprint density at radius 1 is 0.548 bits per heavy atom. The summed E-state index contributed by atoms with van der Waals surface area (Å²) in [5.41, 5.74) is 2.09. The summed E-state index contributed by atoms with van der Waals surface area (Å²) in [4.78, 5) is 66.3. The maximum atomic E-state index is 13.8. The molecule has 0 fully saturated rings. The minimum atomic E-state index is -0.579. The first-order valence-electron chi connectivity index (χ1n) is 12.6. The molecule has 0 spiro atoms. The van der Waals surface area contributed by atoms with E-state index in [1.807, 2.05) is 0 Å². The van der Waals surface area contributed by atoms with Gasteiger partial charge >= 0.3 is 0 Å². The molecule has 4 aromatic carbocycles. The van der Waals surface area contributed by atoms with Crippen molar-refractivity contribution in [2.24, 2.45) is 0 Å². The summed E-state index contributed by atoms with van der Waals surface area (Å²) in [5, 5.41) is 1.01. The number of anilines is 2. The van der Waals surface area contributed by atoms with Crippen LogP contribution < -0.4 is 19.3 Å². The summed E-state index contributed by atoms with van der Waals surface area (Å²) in [6, 6.07) is 16.7. The van der Waals surface area contributed by atoms with E-state index in [1.165, 1.54) is 46.9 Å². The maximum Gasteiger partial charge on any atom is 0.267 e. The molecule has 204 valence electrons. The van der Waals surface area contributed by atoms with E-state index >= 15 is 0 Å². The number of hydrogen-bond donors (Lipinski definition) is 0. The number of imide groups is 2. The lowest BCUT2D eigenvalue weighted by Gasteiger charge is -2.30. The van der Waals surface area contributed by atoms with Gasteiger partial charge in [-0.3, -0.25) is 19.2 Å². The average Bonchev–Trinajstić information content (AvgIpc) is 3.61. The number of amides is 4. The molecule has 2 aliphatic heterocycles. The molecular formula is C30H16N4O6S2. The van der Waals surface area contributed by atoms with E-state index in [1.54, 1.807) is 50.6 Å². The molecule has 0 atom stereocenters. The van der Waals surface area contributed by atoms with Crippen molar-refractivity contribution in [2.45, 2.75) is 0 Å². The minimum absolute atomic E-state index is 0.211. The fourth-order valence-corrected chi connectivity index (χ4v) is 7.44. The number of ether oxygens (including phenoxy) is 2. The van der Waals surface area contributed by atoms with Gasteiger partial charge in [-0.15, -0.1) is 0 Å².